The molecule has 3 rings (SSSR count). The Morgan fingerprint density at radius 2 is 1.83 bits per heavy atom. The maximum Gasteiger partial charge on any atom is 0.433 e. The molecular weight excluding hydrogens is 321 g/mol. The minimum atomic E-state index is -4.46. The molecule has 0 unspecified atom stereocenters. The number of piperazine rings is 1. The highest BCUT2D eigenvalue weighted by Gasteiger charge is 2.33. The third-order valence-electron chi connectivity index (χ3n) is 3.91. The molecule has 0 amide bonds. The van der Waals surface area contributed by atoms with Crippen LogP contribution in [0.15, 0.2) is 36.5 Å². The zero-order valence-corrected chi connectivity index (χ0v) is 12.9. The van der Waals surface area contributed by atoms with Crippen molar-refractivity contribution >= 4 is 5.95 Å². The van der Waals surface area contributed by atoms with Gasteiger partial charge in [-0.15, -0.1) is 0 Å². The third kappa shape index (κ3) is 3.94. The van der Waals surface area contributed by atoms with Gasteiger partial charge in [0, 0.05) is 38.9 Å². The topological polar surface area (TPSA) is 52.5 Å². The predicted molar refractivity (Wildman–Crippen MR) is 82.6 cm³/mol. The molecule has 1 N–H and O–H groups in total. The van der Waals surface area contributed by atoms with E-state index >= 15 is 0 Å². The number of alkyl halides is 3. The minimum absolute atomic E-state index is 0.113. The first-order chi connectivity index (χ1) is 11.4. The summed E-state index contributed by atoms with van der Waals surface area (Å²) in [5.74, 6) is 0.338. The van der Waals surface area contributed by atoms with E-state index in [-0.39, 0.29) is 11.7 Å². The first-order valence-electron chi connectivity index (χ1n) is 7.57. The second kappa shape index (κ2) is 6.64. The van der Waals surface area contributed by atoms with Gasteiger partial charge in [-0.05, 0) is 23.8 Å². The van der Waals surface area contributed by atoms with E-state index in [2.05, 4.69) is 14.9 Å². The number of aromatic hydroxyl groups is 1. The highest BCUT2D eigenvalue weighted by atomic mass is 19.4. The van der Waals surface area contributed by atoms with Crippen LogP contribution in [0.2, 0.25) is 0 Å². The Balaban J connectivity index is 1.61. The molecule has 8 heteroatoms. The zero-order valence-electron chi connectivity index (χ0n) is 12.9. The van der Waals surface area contributed by atoms with Crippen LogP contribution >= 0.6 is 0 Å². The van der Waals surface area contributed by atoms with Crippen molar-refractivity contribution in [1.29, 1.82) is 0 Å². The van der Waals surface area contributed by atoms with Crippen LogP contribution < -0.4 is 4.90 Å². The van der Waals surface area contributed by atoms with E-state index in [9.17, 15) is 18.3 Å². The van der Waals surface area contributed by atoms with Crippen molar-refractivity contribution in [2.75, 3.05) is 31.1 Å². The first-order valence-corrected chi connectivity index (χ1v) is 7.57. The zero-order chi connectivity index (χ0) is 17.2. The lowest BCUT2D eigenvalue weighted by Gasteiger charge is -2.34. The van der Waals surface area contributed by atoms with Gasteiger partial charge in [-0.25, -0.2) is 9.97 Å². The normalized spacial score (nSPS) is 16.4. The van der Waals surface area contributed by atoms with Crippen LogP contribution in [0.5, 0.6) is 5.75 Å². The van der Waals surface area contributed by atoms with E-state index in [1.54, 1.807) is 23.1 Å². The second-order valence-electron chi connectivity index (χ2n) is 5.67. The standard InChI is InChI=1S/C16H17F3N4O/c17-16(18,19)14-4-5-20-15(21-14)23-8-6-22(7-9-23)11-12-2-1-3-13(24)10-12/h1-5,10,24H,6-9,11H2. The van der Waals surface area contributed by atoms with Crippen LogP contribution in [-0.4, -0.2) is 46.2 Å². The molecule has 1 aliphatic heterocycles. The van der Waals surface area contributed by atoms with Crippen LogP contribution in [0.3, 0.4) is 0 Å². The van der Waals surface area contributed by atoms with Crippen molar-refractivity contribution < 1.29 is 18.3 Å². The molecule has 128 valence electrons. The summed E-state index contributed by atoms with van der Waals surface area (Å²) in [6.45, 7) is 3.18. The number of phenolic OH excluding ortho intramolecular Hbond substituents is 1. The number of halogens is 3. The van der Waals surface area contributed by atoms with Crippen molar-refractivity contribution in [2.45, 2.75) is 12.7 Å². The highest BCUT2D eigenvalue weighted by Crippen LogP contribution is 2.28. The van der Waals surface area contributed by atoms with Crippen molar-refractivity contribution in [2.24, 2.45) is 0 Å². The Kier molecular flexibility index (Phi) is 4.57. The quantitative estimate of drug-likeness (QED) is 0.932. The van der Waals surface area contributed by atoms with Gasteiger partial charge in [0.2, 0.25) is 5.95 Å². The molecule has 0 radical (unpaired) electrons. The summed E-state index contributed by atoms with van der Waals surface area (Å²) in [5, 5.41) is 9.49. The maximum absolute atomic E-state index is 12.7. The SMILES string of the molecule is Oc1cccc(CN2CCN(c3nccc(C(F)(F)F)n3)CC2)c1. The lowest BCUT2D eigenvalue weighted by molar-refractivity contribution is -0.141. The third-order valence-corrected chi connectivity index (χ3v) is 3.91. The van der Waals surface area contributed by atoms with Crippen LogP contribution in [0.1, 0.15) is 11.3 Å². The van der Waals surface area contributed by atoms with Gasteiger partial charge in [-0.2, -0.15) is 13.2 Å². The van der Waals surface area contributed by atoms with E-state index in [4.69, 9.17) is 0 Å². The maximum atomic E-state index is 12.7. The molecule has 1 aromatic heterocycles. The number of aromatic nitrogens is 2. The molecule has 0 aliphatic carbocycles. The smallest absolute Gasteiger partial charge is 0.433 e. The molecule has 2 aromatic rings. The second-order valence-corrected chi connectivity index (χ2v) is 5.67. The Morgan fingerprint density at radius 1 is 1.08 bits per heavy atom. The molecule has 1 aromatic carbocycles. The largest absolute Gasteiger partial charge is 0.508 e. The fourth-order valence-electron chi connectivity index (χ4n) is 2.68. The number of phenols is 1. The van der Waals surface area contributed by atoms with Gasteiger partial charge >= 0.3 is 6.18 Å². The summed E-state index contributed by atoms with van der Waals surface area (Å²) < 4.78 is 38.2. The Bertz CT molecular complexity index is 700. The molecular formula is C16H17F3N4O. The van der Waals surface area contributed by atoms with Gasteiger partial charge in [0.05, 0.1) is 0 Å². The summed E-state index contributed by atoms with van der Waals surface area (Å²) in [6, 6.07) is 7.93. The molecule has 0 atom stereocenters. The summed E-state index contributed by atoms with van der Waals surface area (Å²) in [5.41, 5.74) is 0.0773. The van der Waals surface area contributed by atoms with Gasteiger partial charge < -0.3 is 10.0 Å². The van der Waals surface area contributed by atoms with E-state index in [1.165, 1.54) is 0 Å². The number of hydrogen-bond acceptors (Lipinski definition) is 5. The molecule has 0 bridgehead atoms. The van der Waals surface area contributed by atoms with Crippen molar-refractivity contribution in [3.63, 3.8) is 0 Å². The Labute approximate surface area is 137 Å². The Morgan fingerprint density at radius 3 is 2.50 bits per heavy atom. The lowest BCUT2D eigenvalue weighted by atomic mass is 10.2. The molecule has 1 fully saturated rings. The van der Waals surface area contributed by atoms with Gasteiger partial charge in [0.25, 0.3) is 0 Å². The number of anilines is 1. The lowest BCUT2D eigenvalue weighted by Crippen LogP contribution is -2.46. The average molecular weight is 338 g/mol. The van der Waals surface area contributed by atoms with Crippen LogP contribution in [0, 0.1) is 0 Å². The number of hydrogen-bond donors (Lipinski definition) is 1. The summed E-state index contributed by atoms with van der Waals surface area (Å²) in [6.07, 6.45) is -3.32. The molecule has 24 heavy (non-hydrogen) atoms. The highest BCUT2D eigenvalue weighted by molar-refractivity contribution is 5.32. The van der Waals surface area contributed by atoms with Gasteiger partial charge in [0.1, 0.15) is 11.4 Å². The van der Waals surface area contributed by atoms with E-state index in [0.717, 1.165) is 17.8 Å². The molecule has 0 saturated carbocycles. The number of benzene rings is 1. The first kappa shape index (κ1) is 16.5. The summed E-state index contributed by atoms with van der Waals surface area (Å²) in [7, 11) is 0. The fraction of sp³-hybridized carbons (Fsp3) is 0.375. The van der Waals surface area contributed by atoms with Gasteiger partial charge in [-0.3, -0.25) is 4.90 Å². The van der Waals surface area contributed by atoms with Crippen LogP contribution in [0.25, 0.3) is 0 Å². The number of nitrogens with zero attached hydrogens (tertiary/aromatic N) is 4. The fourth-order valence-corrected chi connectivity index (χ4v) is 2.68. The van der Waals surface area contributed by atoms with Crippen molar-refractivity contribution in [3.8, 4) is 5.75 Å². The predicted octanol–water partition coefficient (Wildman–Crippen LogP) is 2.52. The van der Waals surface area contributed by atoms with Crippen LogP contribution in [0.4, 0.5) is 19.1 Å². The van der Waals surface area contributed by atoms with Crippen molar-refractivity contribution in [1.82, 2.24) is 14.9 Å². The van der Waals surface area contributed by atoms with E-state index in [1.807, 2.05) is 6.07 Å². The van der Waals surface area contributed by atoms with Gasteiger partial charge in [-0.1, -0.05) is 12.1 Å². The molecule has 1 aliphatic rings. The van der Waals surface area contributed by atoms with E-state index in [0.29, 0.717) is 32.7 Å². The number of rotatable bonds is 3. The molecule has 5 nitrogen and oxygen atoms in total. The summed E-state index contributed by atoms with van der Waals surface area (Å²) in [4.78, 5) is 11.5. The van der Waals surface area contributed by atoms with Crippen LogP contribution in [-0.2, 0) is 12.7 Å². The monoisotopic (exact) mass is 338 g/mol. The molecule has 0 spiro atoms. The van der Waals surface area contributed by atoms with E-state index < -0.39 is 11.9 Å². The minimum Gasteiger partial charge on any atom is -0.508 e. The summed E-state index contributed by atoms with van der Waals surface area (Å²) >= 11 is 0. The average Bonchev–Trinajstić information content (AvgIpc) is 2.55. The molecule has 2 heterocycles. The Hall–Kier alpha value is -2.35. The van der Waals surface area contributed by atoms with Crippen molar-refractivity contribution in [3.05, 3.63) is 47.8 Å². The van der Waals surface area contributed by atoms with Gasteiger partial charge in [0.15, 0.2) is 0 Å². The molecule has 1 saturated heterocycles.